The first kappa shape index (κ1) is 19.3. The standard InChI is InChI=1S/C20H21ClN4O4/c21-15-3-1-4-16(13-15)25-11-10-24(20(25)28)14-18(26)22-6-8-23(9-7-22)19(27)17-5-2-12-29-17/h1-5,12-13H,6-11,14H2. The van der Waals surface area contributed by atoms with Crippen LogP contribution in [0.4, 0.5) is 10.5 Å². The van der Waals surface area contributed by atoms with E-state index in [4.69, 9.17) is 16.0 Å². The number of amides is 4. The SMILES string of the molecule is O=C(CN1CCN(c2cccc(Cl)c2)C1=O)N1CCN(C(=O)c2ccco2)CC1. The number of carbonyl (C=O) groups excluding carboxylic acids is 3. The molecule has 2 aromatic rings. The van der Waals surface area contributed by atoms with E-state index in [0.29, 0.717) is 50.1 Å². The lowest BCUT2D eigenvalue weighted by Gasteiger charge is -2.35. The molecular weight excluding hydrogens is 396 g/mol. The van der Waals surface area contributed by atoms with Crippen LogP contribution in [0.3, 0.4) is 0 Å². The van der Waals surface area contributed by atoms with E-state index in [9.17, 15) is 14.4 Å². The first-order valence-electron chi connectivity index (χ1n) is 9.45. The smallest absolute Gasteiger partial charge is 0.325 e. The molecule has 0 saturated carbocycles. The Bertz CT molecular complexity index is 909. The summed E-state index contributed by atoms with van der Waals surface area (Å²) in [6.45, 7) is 2.77. The summed E-state index contributed by atoms with van der Waals surface area (Å²) in [4.78, 5) is 44.2. The Morgan fingerprint density at radius 1 is 0.966 bits per heavy atom. The summed E-state index contributed by atoms with van der Waals surface area (Å²) in [5, 5.41) is 0.562. The zero-order valence-corrected chi connectivity index (χ0v) is 16.5. The van der Waals surface area contributed by atoms with Gasteiger partial charge in [0.25, 0.3) is 5.91 Å². The Balaban J connectivity index is 1.30. The highest BCUT2D eigenvalue weighted by atomic mass is 35.5. The summed E-state index contributed by atoms with van der Waals surface area (Å²) in [6.07, 6.45) is 1.47. The molecule has 2 fully saturated rings. The maximum Gasteiger partial charge on any atom is 0.325 e. The van der Waals surface area contributed by atoms with E-state index in [-0.39, 0.29) is 24.4 Å². The number of furan rings is 1. The van der Waals surface area contributed by atoms with E-state index in [1.54, 1.807) is 49.9 Å². The zero-order chi connectivity index (χ0) is 20.4. The Morgan fingerprint density at radius 2 is 1.72 bits per heavy atom. The third-order valence-corrected chi connectivity index (χ3v) is 5.43. The van der Waals surface area contributed by atoms with Gasteiger partial charge < -0.3 is 19.1 Å². The molecule has 4 amide bonds. The molecule has 2 aliphatic rings. The highest BCUT2D eigenvalue weighted by Gasteiger charge is 2.33. The van der Waals surface area contributed by atoms with Crippen LogP contribution in [-0.4, -0.2) is 78.4 Å². The minimum atomic E-state index is -0.202. The van der Waals surface area contributed by atoms with E-state index >= 15 is 0 Å². The summed E-state index contributed by atoms with van der Waals surface area (Å²) in [6, 6.07) is 10.2. The number of hydrogen-bond acceptors (Lipinski definition) is 4. The van der Waals surface area contributed by atoms with Gasteiger partial charge in [-0.25, -0.2) is 4.79 Å². The first-order valence-corrected chi connectivity index (χ1v) is 9.83. The normalized spacial score (nSPS) is 17.2. The number of hydrogen-bond donors (Lipinski definition) is 0. The number of anilines is 1. The second-order valence-corrected chi connectivity index (χ2v) is 7.42. The van der Waals surface area contributed by atoms with Gasteiger partial charge in [-0.05, 0) is 30.3 Å². The van der Waals surface area contributed by atoms with Crippen LogP contribution in [0.5, 0.6) is 0 Å². The number of piperazine rings is 1. The molecule has 0 aliphatic carbocycles. The summed E-state index contributed by atoms with van der Waals surface area (Å²) in [5.74, 6) is 0.0129. The lowest BCUT2D eigenvalue weighted by Crippen LogP contribution is -2.52. The molecule has 0 unspecified atom stereocenters. The van der Waals surface area contributed by atoms with Crippen LogP contribution in [0, 0.1) is 0 Å². The molecule has 4 rings (SSSR count). The summed E-state index contributed by atoms with van der Waals surface area (Å²) in [7, 11) is 0. The zero-order valence-electron chi connectivity index (χ0n) is 15.8. The molecule has 29 heavy (non-hydrogen) atoms. The van der Waals surface area contributed by atoms with E-state index < -0.39 is 0 Å². The van der Waals surface area contributed by atoms with Crippen LogP contribution < -0.4 is 4.90 Å². The fraction of sp³-hybridized carbons (Fsp3) is 0.350. The summed E-state index contributed by atoms with van der Waals surface area (Å²) in [5.41, 5.74) is 0.725. The van der Waals surface area contributed by atoms with Crippen LogP contribution in [-0.2, 0) is 4.79 Å². The molecule has 1 aromatic heterocycles. The van der Waals surface area contributed by atoms with E-state index in [1.807, 2.05) is 6.07 Å². The van der Waals surface area contributed by atoms with Crippen LogP contribution in [0.1, 0.15) is 10.6 Å². The van der Waals surface area contributed by atoms with Gasteiger partial charge in [-0.15, -0.1) is 0 Å². The van der Waals surface area contributed by atoms with Crippen LogP contribution in [0.15, 0.2) is 47.1 Å². The molecule has 2 aliphatic heterocycles. The molecule has 8 nitrogen and oxygen atoms in total. The van der Waals surface area contributed by atoms with Crippen molar-refractivity contribution in [2.45, 2.75) is 0 Å². The van der Waals surface area contributed by atoms with Gasteiger partial charge in [-0.1, -0.05) is 17.7 Å². The van der Waals surface area contributed by atoms with Crippen molar-refractivity contribution in [3.63, 3.8) is 0 Å². The highest BCUT2D eigenvalue weighted by Crippen LogP contribution is 2.23. The molecule has 0 atom stereocenters. The summed E-state index contributed by atoms with van der Waals surface area (Å²) < 4.78 is 5.15. The fourth-order valence-electron chi connectivity index (χ4n) is 3.59. The van der Waals surface area contributed by atoms with Crippen molar-refractivity contribution >= 4 is 35.1 Å². The molecule has 0 bridgehead atoms. The van der Waals surface area contributed by atoms with Crippen LogP contribution in [0.25, 0.3) is 0 Å². The summed E-state index contributed by atoms with van der Waals surface area (Å²) >= 11 is 6.01. The third-order valence-electron chi connectivity index (χ3n) is 5.19. The monoisotopic (exact) mass is 416 g/mol. The number of rotatable bonds is 4. The fourth-order valence-corrected chi connectivity index (χ4v) is 3.78. The highest BCUT2D eigenvalue weighted by molar-refractivity contribution is 6.30. The van der Waals surface area contributed by atoms with Crippen LogP contribution in [0.2, 0.25) is 5.02 Å². The minimum Gasteiger partial charge on any atom is -0.459 e. The second-order valence-electron chi connectivity index (χ2n) is 6.99. The Labute approximate surface area is 173 Å². The van der Waals surface area contributed by atoms with Crippen molar-refractivity contribution in [1.29, 1.82) is 0 Å². The molecule has 1 aromatic carbocycles. The number of nitrogens with zero attached hydrogens (tertiary/aromatic N) is 4. The molecule has 3 heterocycles. The second kappa shape index (κ2) is 8.16. The number of benzene rings is 1. The van der Waals surface area contributed by atoms with Gasteiger partial charge in [0.1, 0.15) is 6.54 Å². The number of halogens is 1. The van der Waals surface area contributed by atoms with Crippen molar-refractivity contribution in [3.05, 3.63) is 53.4 Å². The third kappa shape index (κ3) is 4.07. The van der Waals surface area contributed by atoms with E-state index in [2.05, 4.69) is 0 Å². The van der Waals surface area contributed by atoms with Gasteiger partial charge in [0.05, 0.1) is 6.26 Å². The molecule has 0 radical (unpaired) electrons. The topological polar surface area (TPSA) is 77.3 Å². The minimum absolute atomic E-state index is 0.0298. The Kier molecular flexibility index (Phi) is 5.44. The van der Waals surface area contributed by atoms with Crippen molar-refractivity contribution in [2.24, 2.45) is 0 Å². The van der Waals surface area contributed by atoms with Crippen LogP contribution >= 0.6 is 11.6 Å². The van der Waals surface area contributed by atoms with Crippen molar-refractivity contribution < 1.29 is 18.8 Å². The van der Waals surface area contributed by atoms with Gasteiger partial charge in [0, 0.05) is 50.0 Å². The number of carbonyl (C=O) groups is 3. The van der Waals surface area contributed by atoms with Crippen molar-refractivity contribution in [3.8, 4) is 0 Å². The van der Waals surface area contributed by atoms with E-state index in [0.717, 1.165) is 5.69 Å². The first-order chi connectivity index (χ1) is 14.0. The Morgan fingerprint density at radius 3 is 2.41 bits per heavy atom. The average Bonchev–Trinajstić information content (AvgIpc) is 3.38. The predicted molar refractivity (Wildman–Crippen MR) is 107 cm³/mol. The lowest BCUT2D eigenvalue weighted by molar-refractivity contribution is -0.133. The largest absolute Gasteiger partial charge is 0.459 e. The van der Waals surface area contributed by atoms with E-state index in [1.165, 1.54) is 6.26 Å². The maximum atomic E-state index is 12.7. The molecule has 152 valence electrons. The van der Waals surface area contributed by atoms with Gasteiger partial charge in [-0.2, -0.15) is 0 Å². The lowest BCUT2D eigenvalue weighted by atomic mass is 10.2. The molecule has 0 N–H and O–H groups in total. The maximum absolute atomic E-state index is 12.7. The molecular formula is C20H21ClN4O4. The van der Waals surface area contributed by atoms with Crippen molar-refractivity contribution in [2.75, 3.05) is 50.7 Å². The van der Waals surface area contributed by atoms with Crippen molar-refractivity contribution in [1.82, 2.24) is 14.7 Å². The Hall–Kier alpha value is -3.00. The number of urea groups is 1. The average molecular weight is 417 g/mol. The molecule has 9 heteroatoms. The quantitative estimate of drug-likeness (QED) is 0.765. The van der Waals surface area contributed by atoms with Gasteiger partial charge in [0.15, 0.2) is 5.76 Å². The molecule has 0 spiro atoms. The van der Waals surface area contributed by atoms with Gasteiger partial charge in [0.2, 0.25) is 5.91 Å². The van der Waals surface area contributed by atoms with Gasteiger partial charge >= 0.3 is 6.03 Å². The molecule has 2 saturated heterocycles. The predicted octanol–water partition coefficient (Wildman–Crippen LogP) is 2.16. The van der Waals surface area contributed by atoms with Gasteiger partial charge in [-0.3, -0.25) is 14.5 Å².